The second-order valence-electron chi connectivity index (χ2n) is 5.82. The molecule has 0 spiro atoms. The first-order chi connectivity index (χ1) is 13.0. The number of amides is 2. The maximum atomic E-state index is 13.3. The van der Waals surface area contributed by atoms with Crippen molar-refractivity contribution in [1.82, 2.24) is 0 Å². The van der Waals surface area contributed by atoms with Crippen LogP contribution in [0.2, 0.25) is 5.02 Å². The van der Waals surface area contributed by atoms with Gasteiger partial charge >= 0.3 is 18.2 Å². The van der Waals surface area contributed by atoms with Crippen molar-refractivity contribution in [3.05, 3.63) is 58.6 Å². The van der Waals surface area contributed by atoms with Crippen molar-refractivity contribution in [1.29, 1.82) is 0 Å². The number of aryl methyl sites for hydroxylation is 1. The topological polar surface area (TPSA) is 87.7 Å². The Morgan fingerprint density at radius 3 is 2.32 bits per heavy atom. The highest BCUT2D eigenvalue weighted by Gasteiger charge is 2.62. The van der Waals surface area contributed by atoms with E-state index in [0.717, 1.165) is 25.3 Å². The zero-order valence-corrected chi connectivity index (χ0v) is 15.5. The molecule has 0 aliphatic rings. The SMILES string of the molecule is COC(=O)C(O)(c1ccc(NC(=O)Nc2cccc(Cl)c2)c(C)c1)C(F)(F)F. The Balaban J connectivity index is 2.26. The predicted molar refractivity (Wildman–Crippen MR) is 97.2 cm³/mol. The van der Waals surface area contributed by atoms with Crippen molar-refractivity contribution < 1.29 is 32.6 Å². The van der Waals surface area contributed by atoms with Gasteiger partial charge in [-0.05, 0) is 36.8 Å². The van der Waals surface area contributed by atoms with Crippen LogP contribution in [0.25, 0.3) is 0 Å². The Bertz CT molecular complexity index is 905. The van der Waals surface area contributed by atoms with Gasteiger partial charge in [-0.2, -0.15) is 13.2 Å². The van der Waals surface area contributed by atoms with Gasteiger partial charge < -0.3 is 20.5 Å². The molecular weight excluding hydrogens is 401 g/mol. The summed E-state index contributed by atoms with van der Waals surface area (Å²) < 4.78 is 44.0. The van der Waals surface area contributed by atoms with Gasteiger partial charge in [0.25, 0.3) is 5.60 Å². The first-order valence-electron chi connectivity index (χ1n) is 7.81. The second kappa shape index (κ2) is 8.07. The van der Waals surface area contributed by atoms with Crippen LogP contribution < -0.4 is 10.6 Å². The van der Waals surface area contributed by atoms with E-state index in [2.05, 4.69) is 15.4 Å². The summed E-state index contributed by atoms with van der Waals surface area (Å²) in [7, 11) is 0.738. The average molecular weight is 417 g/mol. The molecule has 0 bridgehead atoms. The standard InChI is InChI=1S/C18H16ClF3N2O4/c1-10-8-11(17(27,15(25)28-2)18(20,21)22)6-7-14(10)24-16(26)23-13-5-3-4-12(19)9-13/h3-9,27H,1-2H3,(H2,23,24,26). The van der Waals surface area contributed by atoms with Crippen molar-refractivity contribution in [2.75, 3.05) is 17.7 Å². The predicted octanol–water partition coefficient (Wildman–Crippen LogP) is 4.22. The van der Waals surface area contributed by atoms with Crippen molar-refractivity contribution in [2.45, 2.75) is 18.7 Å². The molecule has 0 radical (unpaired) electrons. The smallest absolute Gasteiger partial charge is 0.432 e. The molecule has 3 N–H and O–H groups in total. The Labute approximate surface area is 163 Å². The van der Waals surface area contributed by atoms with Gasteiger partial charge in [0, 0.05) is 22.0 Å². The summed E-state index contributed by atoms with van der Waals surface area (Å²) in [4.78, 5) is 23.7. The van der Waals surface area contributed by atoms with E-state index in [-0.39, 0.29) is 11.3 Å². The third kappa shape index (κ3) is 4.37. The first-order valence-corrected chi connectivity index (χ1v) is 8.19. The molecule has 2 amide bonds. The number of halogens is 4. The highest BCUT2D eigenvalue weighted by molar-refractivity contribution is 6.30. The molecule has 0 fully saturated rings. The highest BCUT2D eigenvalue weighted by atomic mass is 35.5. The van der Waals surface area contributed by atoms with E-state index in [0.29, 0.717) is 10.7 Å². The van der Waals surface area contributed by atoms with Gasteiger partial charge in [-0.1, -0.05) is 29.8 Å². The largest absolute Gasteiger partial charge is 0.466 e. The summed E-state index contributed by atoms with van der Waals surface area (Å²) in [5, 5.41) is 15.4. The fourth-order valence-electron chi connectivity index (χ4n) is 2.42. The number of benzene rings is 2. The molecular formula is C18H16ClF3N2O4. The first kappa shape index (κ1) is 21.5. The Morgan fingerprint density at radius 1 is 1.11 bits per heavy atom. The van der Waals surface area contributed by atoms with E-state index >= 15 is 0 Å². The van der Waals surface area contributed by atoms with Crippen LogP contribution in [0.15, 0.2) is 42.5 Å². The molecule has 150 valence electrons. The summed E-state index contributed by atoms with van der Waals surface area (Å²) in [6.07, 6.45) is -5.30. The van der Waals surface area contributed by atoms with Gasteiger partial charge in [-0.15, -0.1) is 0 Å². The number of aliphatic hydroxyl groups is 1. The van der Waals surface area contributed by atoms with Crippen LogP contribution in [0.1, 0.15) is 11.1 Å². The van der Waals surface area contributed by atoms with Gasteiger partial charge in [-0.25, -0.2) is 9.59 Å². The lowest BCUT2D eigenvalue weighted by molar-refractivity contribution is -0.266. The van der Waals surface area contributed by atoms with Gasteiger partial charge in [-0.3, -0.25) is 0 Å². The molecule has 2 aromatic carbocycles. The van der Waals surface area contributed by atoms with Crippen LogP contribution in [-0.2, 0) is 15.1 Å². The van der Waals surface area contributed by atoms with Gasteiger partial charge in [0.05, 0.1) is 7.11 Å². The van der Waals surface area contributed by atoms with Crippen LogP contribution in [0.5, 0.6) is 0 Å². The van der Waals surface area contributed by atoms with Crippen molar-refractivity contribution in [3.8, 4) is 0 Å². The normalized spacial score (nSPS) is 13.4. The lowest BCUT2D eigenvalue weighted by atomic mass is 9.91. The number of carbonyl (C=O) groups excluding carboxylic acids is 2. The van der Waals surface area contributed by atoms with Crippen LogP contribution >= 0.6 is 11.6 Å². The number of methoxy groups -OCH3 is 1. The summed E-state index contributed by atoms with van der Waals surface area (Å²) in [6, 6.07) is 8.67. The molecule has 28 heavy (non-hydrogen) atoms. The fraction of sp³-hybridized carbons (Fsp3) is 0.222. The van der Waals surface area contributed by atoms with E-state index < -0.39 is 29.3 Å². The molecule has 6 nitrogen and oxygen atoms in total. The minimum atomic E-state index is -5.30. The lowest BCUT2D eigenvalue weighted by Crippen LogP contribution is -2.49. The molecule has 1 unspecified atom stereocenters. The van der Waals surface area contributed by atoms with Crippen molar-refractivity contribution in [2.24, 2.45) is 0 Å². The third-order valence-corrected chi connectivity index (χ3v) is 4.10. The number of urea groups is 1. The van der Waals surface area contributed by atoms with E-state index in [9.17, 15) is 27.9 Å². The van der Waals surface area contributed by atoms with Crippen LogP contribution in [0.3, 0.4) is 0 Å². The van der Waals surface area contributed by atoms with Crippen LogP contribution in [0.4, 0.5) is 29.3 Å². The second-order valence-corrected chi connectivity index (χ2v) is 6.26. The van der Waals surface area contributed by atoms with Gasteiger partial charge in [0.15, 0.2) is 0 Å². The zero-order valence-electron chi connectivity index (χ0n) is 14.7. The summed E-state index contributed by atoms with van der Waals surface area (Å²) in [5.41, 5.74) is -3.78. The molecule has 10 heteroatoms. The average Bonchev–Trinajstić information content (AvgIpc) is 2.61. The molecule has 0 saturated carbocycles. The van der Waals surface area contributed by atoms with Crippen molar-refractivity contribution >= 4 is 35.0 Å². The quantitative estimate of drug-likeness (QED) is 0.651. The number of ether oxygens (including phenoxy) is 1. The minimum absolute atomic E-state index is 0.178. The third-order valence-electron chi connectivity index (χ3n) is 3.87. The molecule has 0 aliphatic heterocycles. The Morgan fingerprint density at radius 2 is 1.79 bits per heavy atom. The Kier molecular flexibility index (Phi) is 6.20. The zero-order chi connectivity index (χ0) is 21.1. The molecule has 0 heterocycles. The lowest BCUT2D eigenvalue weighted by Gasteiger charge is -2.28. The van der Waals surface area contributed by atoms with E-state index in [1.807, 2.05) is 0 Å². The van der Waals surface area contributed by atoms with Gasteiger partial charge in [0.1, 0.15) is 0 Å². The van der Waals surface area contributed by atoms with Crippen LogP contribution in [0, 0.1) is 6.92 Å². The van der Waals surface area contributed by atoms with E-state index in [4.69, 9.17) is 11.6 Å². The molecule has 0 aromatic heterocycles. The number of nitrogens with one attached hydrogen (secondary N) is 2. The minimum Gasteiger partial charge on any atom is -0.466 e. The van der Waals surface area contributed by atoms with Crippen molar-refractivity contribution in [3.63, 3.8) is 0 Å². The van der Waals surface area contributed by atoms with E-state index in [1.54, 1.807) is 18.2 Å². The Hall–Kier alpha value is -2.78. The van der Waals surface area contributed by atoms with Crippen LogP contribution in [-0.4, -0.2) is 30.4 Å². The molecule has 1 atom stereocenters. The maximum absolute atomic E-state index is 13.3. The number of alkyl halides is 3. The molecule has 2 aromatic rings. The number of esters is 1. The monoisotopic (exact) mass is 416 g/mol. The summed E-state index contributed by atoms with van der Waals surface area (Å²) in [5.74, 6) is -1.86. The highest BCUT2D eigenvalue weighted by Crippen LogP contribution is 2.40. The van der Waals surface area contributed by atoms with Gasteiger partial charge in [0.2, 0.25) is 0 Å². The summed E-state index contributed by atoms with van der Waals surface area (Å²) >= 11 is 5.82. The summed E-state index contributed by atoms with van der Waals surface area (Å²) in [6.45, 7) is 1.41. The molecule has 2 rings (SSSR count). The molecule has 0 saturated heterocycles. The number of rotatable bonds is 4. The number of carbonyl (C=O) groups is 2. The molecule has 0 aliphatic carbocycles. The number of anilines is 2. The number of hydrogen-bond donors (Lipinski definition) is 3. The maximum Gasteiger partial charge on any atom is 0.432 e. The van der Waals surface area contributed by atoms with E-state index in [1.165, 1.54) is 13.0 Å². The fourth-order valence-corrected chi connectivity index (χ4v) is 2.62. The number of hydrogen-bond acceptors (Lipinski definition) is 4.